The van der Waals surface area contributed by atoms with Gasteiger partial charge >= 0.3 is 0 Å². The van der Waals surface area contributed by atoms with Gasteiger partial charge in [-0.15, -0.1) is 0 Å². The molecule has 0 aliphatic carbocycles. The first-order valence-electron chi connectivity index (χ1n) is 6.37. The van der Waals surface area contributed by atoms with Gasteiger partial charge in [-0.25, -0.2) is 0 Å². The van der Waals surface area contributed by atoms with E-state index in [-0.39, 0.29) is 4.90 Å². The van der Waals surface area contributed by atoms with Crippen LogP contribution in [-0.4, -0.2) is 19.3 Å². The fourth-order valence-corrected chi connectivity index (χ4v) is 2.81. The predicted octanol–water partition coefficient (Wildman–Crippen LogP) is 2.30. The zero-order chi connectivity index (χ0) is 15.6. The molecule has 2 aromatic rings. The third-order valence-electron chi connectivity index (χ3n) is 3.06. The molecule has 0 spiro atoms. The van der Waals surface area contributed by atoms with Gasteiger partial charge in [-0.05, 0) is 39.8 Å². The smallest absolute Gasteiger partial charge is 0.276 e. The summed E-state index contributed by atoms with van der Waals surface area (Å²) < 4.78 is 29.3. The number of rotatable bonds is 4. The lowest BCUT2D eigenvalue weighted by Crippen LogP contribution is -2.20. The molecule has 0 atom stereocenters. The summed E-state index contributed by atoms with van der Waals surface area (Å²) in [5.41, 5.74) is 2.87. The topological polar surface area (TPSA) is 84.6 Å². The third kappa shape index (κ3) is 3.30. The van der Waals surface area contributed by atoms with E-state index in [0.29, 0.717) is 22.7 Å². The minimum atomic E-state index is -3.68. The summed E-state index contributed by atoms with van der Waals surface area (Å²) >= 11 is 0. The Hall–Kier alpha value is -2.15. The molecule has 6 nitrogen and oxygen atoms in total. The fraction of sp³-hybridized carbons (Fsp3) is 0.286. The lowest BCUT2D eigenvalue weighted by molar-refractivity contribution is 0.393. The third-order valence-corrected chi connectivity index (χ3v) is 4.28. The Morgan fingerprint density at radius 1 is 1.19 bits per heavy atom. The molecule has 0 saturated heterocycles. The summed E-state index contributed by atoms with van der Waals surface area (Å²) in [4.78, 5) is 2.40. The number of aryl methyl sites for hydroxylation is 3. The SMILES string of the molecule is C/C(=N/NS(=O)(=O)c1ccc(C)cc1)c1c(C)noc1C. The van der Waals surface area contributed by atoms with Crippen LogP contribution >= 0.6 is 0 Å². The highest BCUT2D eigenvalue weighted by atomic mass is 32.2. The lowest BCUT2D eigenvalue weighted by Gasteiger charge is -2.05. The van der Waals surface area contributed by atoms with Crippen molar-refractivity contribution in [1.82, 2.24) is 9.99 Å². The highest BCUT2D eigenvalue weighted by Gasteiger charge is 2.15. The average Bonchev–Trinajstić information content (AvgIpc) is 2.76. The molecular weight excluding hydrogens is 290 g/mol. The summed E-state index contributed by atoms with van der Waals surface area (Å²) in [6.45, 7) is 7.12. The van der Waals surface area contributed by atoms with Crippen molar-refractivity contribution in [2.24, 2.45) is 5.10 Å². The molecule has 112 valence electrons. The van der Waals surface area contributed by atoms with Gasteiger partial charge in [-0.1, -0.05) is 22.9 Å². The Labute approximate surface area is 123 Å². The van der Waals surface area contributed by atoms with Crippen molar-refractivity contribution in [2.45, 2.75) is 32.6 Å². The number of aromatic nitrogens is 1. The summed E-state index contributed by atoms with van der Waals surface area (Å²) in [6, 6.07) is 6.55. The largest absolute Gasteiger partial charge is 0.361 e. The van der Waals surface area contributed by atoms with E-state index in [1.165, 1.54) is 0 Å². The van der Waals surface area contributed by atoms with Crippen molar-refractivity contribution in [3.05, 3.63) is 46.8 Å². The maximum Gasteiger partial charge on any atom is 0.276 e. The zero-order valence-electron chi connectivity index (χ0n) is 12.3. The Kier molecular flexibility index (Phi) is 4.13. The minimum absolute atomic E-state index is 0.170. The summed E-state index contributed by atoms with van der Waals surface area (Å²) in [5, 5.41) is 7.75. The molecule has 1 aromatic carbocycles. The fourth-order valence-electron chi connectivity index (χ4n) is 1.95. The van der Waals surface area contributed by atoms with Crippen molar-refractivity contribution in [3.63, 3.8) is 0 Å². The number of nitrogens with zero attached hydrogens (tertiary/aromatic N) is 2. The molecule has 0 unspecified atom stereocenters. The molecule has 1 heterocycles. The number of hydrazone groups is 1. The van der Waals surface area contributed by atoms with Crippen molar-refractivity contribution in [3.8, 4) is 0 Å². The van der Waals surface area contributed by atoms with E-state index >= 15 is 0 Å². The Bertz CT molecular complexity index is 755. The van der Waals surface area contributed by atoms with Crippen LogP contribution in [0.3, 0.4) is 0 Å². The first kappa shape index (κ1) is 15.2. The second-order valence-electron chi connectivity index (χ2n) is 4.80. The van der Waals surface area contributed by atoms with Gasteiger partial charge in [0.25, 0.3) is 10.0 Å². The first-order chi connectivity index (χ1) is 9.81. The summed E-state index contributed by atoms with van der Waals surface area (Å²) in [6.07, 6.45) is 0. The van der Waals surface area contributed by atoms with E-state index in [9.17, 15) is 8.42 Å². The van der Waals surface area contributed by atoms with Crippen LogP contribution in [0.15, 0.2) is 38.8 Å². The van der Waals surface area contributed by atoms with Crippen LogP contribution < -0.4 is 4.83 Å². The van der Waals surface area contributed by atoms with E-state index in [4.69, 9.17) is 4.52 Å². The molecule has 0 bridgehead atoms. The van der Waals surface area contributed by atoms with Crippen LogP contribution in [-0.2, 0) is 10.0 Å². The molecule has 2 rings (SSSR count). The van der Waals surface area contributed by atoms with E-state index in [1.807, 2.05) is 6.92 Å². The van der Waals surface area contributed by atoms with Crippen molar-refractivity contribution < 1.29 is 12.9 Å². The van der Waals surface area contributed by atoms with Gasteiger partial charge in [0.2, 0.25) is 0 Å². The lowest BCUT2D eigenvalue weighted by atomic mass is 10.1. The molecule has 0 saturated carbocycles. The van der Waals surface area contributed by atoms with Crippen LogP contribution in [0.1, 0.15) is 29.5 Å². The monoisotopic (exact) mass is 307 g/mol. The molecule has 1 N–H and O–H groups in total. The van der Waals surface area contributed by atoms with Crippen LogP contribution in [0.25, 0.3) is 0 Å². The van der Waals surface area contributed by atoms with Crippen LogP contribution in [0, 0.1) is 20.8 Å². The Morgan fingerprint density at radius 3 is 2.33 bits per heavy atom. The van der Waals surface area contributed by atoms with Crippen LogP contribution in [0.4, 0.5) is 0 Å². The van der Waals surface area contributed by atoms with Gasteiger partial charge in [0, 0.05) is 0 Å². The molecule has 0 fully saturated rings. The molecular formula is C14H17N3O3S. The molecule has 0 aliphatic heterocycles. The number of hydrogen-bond donors (Lipinski definition) is 1. The van der Waals surface area contributed by atoms with Crippen LogP contribution in [0.2, 0.25) is 0 Å². The van der Waals surface area contributed by atoms with Gasteiger partial charge in [-0.2, -0.15) is 18.4 Å². The zero-order valence-corrected chi connectivity index (χ0v) is 13.2. The van der Waals surface area contributed by atoms with E-state index in [2.05, 4.69) is 15.1 Å². The van der Waals surface area contributed by atoms with E-state index in [0.717, 1.165) is 5.56 Å². The van der Waals surface area contributed by atoms with E-state index in [1.54, 1.807) is 45.0 Å². The van der Waals surface area contributed by atoms with Crippen LogP contribution in [0.5, 0.6) is 0 Å². The van der Waals surface area contributed by atoms with Gasteiger partial charge in [0.1, 0.15) is 5.76 Å². The Balaban J connectivity index is 2.25. The molecule has 1 aromatic heterocycles. The number of benzene rings is 1. The van der Waals surface area contributed by atoms with Gasteiger partial charge in [0.15, 0.2) is 0 Å². The Morgan fingerprint density at radius 2 is 1.81 bits per heavy atom. The van der Waals surface area contributed by atoms with E-state index < -0.39 is 10.0 Å². The van der Waals surface area contributed by atoms with Crippen molar-refractivity contribution >= 4 is 15.7 Å². The van der Waals surface area contributed by atoms with Crippen molar-refractivity contribution in [1.29, 1.82) is 0 Å². The summed E-state index contributed by atoms with van der Waals surface area (Å²) in [7, 11) is -3.68. The predicted molar refractivity (Wildman–Crippen MR) is 79.7 cm³/mol. The van der Waals surface area contributed by atoms with Gasteiger partial charge in [-0.3, -0.25) is 0 Å². The van der Waals surface area contributed by atoms with Crippen molar-refractivity contribution in [2.75, 3.05) is 0 Å². The molecule has 0 radical (unpaired) electrons. The number of nitrogens with one attached hydrogen (secondary N) is 1. The van der Waals surface area contributed by atoms with Gasteiger partial charge in [0.05, 0.1) is 21.9 Å². The second-order valence-corrected chi connectivity index (χ2v) is 6.47. The second kappa shape index (κ2) is 5.69. The molecule has 21 heavy (non-hydrogen) atoms. The molecule has 7 heteroatoms. The maximum atomic E-state index is 12.1. The molecule has 0 aliphatic rings. The number of hydrogen-bond acceptors (Lipinski definition) is 5. The average molecular weight is 307 g/mol. The highest BCUT2D eigenvalue weighted by molar-refractivity contribution is 7.89. The molecule has 0 amide bonds. The number of sulfonamides is 1. The normalized spacial score (nSPS) is 12.5. The highest BCUT2D eigenvalue weighted by Crippen LogP contribution is 2.14. The van der Waals surface area contributed by atoms with Gasteiger partial charge < -0.3 is 4.52 Å². The standard InChI is InChI=1S/C14H17N3O3S/c1-9-5-7-13(8-6-9)21(18,19)17-15-10(2)14-11(3)16-20-12(14)4/h5-8,17H,1-4H3/b15-10-. The summed E-state index contributed by atoms with van der Waals surface area (Å²) in [5.74, 6) is 0.600. The quantitative estimate of drug-likeness (QED) is 0.694. The minimum Gasteiger partial charge on any atom is -0.361 e. The first-order valence-corrected chi connectivity index (χ1v) is 7.85. The maximum absolute atomic E-state index is 12.1.